The molecule has 0 saturated carbocycles. The highest BCUT2D eigenvalue weighted by molar-refractivity contribution is 6.30. The molecule has 0 spiro atoms. The number of halogens is 1. The molecule has 1 heterocycles. The fourth-order valence-electron chi connectivity index (χ4n) is 2.51. The molecule has 3 rings (SSSR count). The van der Waals surface area contributed by atoms with E-state index in [1.807, 2.05) is 70.3 Å². The first-order chi connectivity index (χ1) is 11.6. The molecule has 0 fully saturated rings. The highest BCUT2D eigenvalue weighted by Gasteiger charge is 2.17. The van der Waals surface area contributed by atoms with Crippen molar-refractivity contribution in [2.75, 3.05) is 0 Å². The number of aromatic nitrogens is 2. The molecule has 0 bridgehead atoms. The van der Waals surface area contributed by atoms with Crippen LogP contribution in [0.3, 0.4) is 0 Å². The van der Waals surface area contributed by atoms with E-state index in [0.29, 0.717) is 17.3 Å². The largest absolute Gasteiger partial charge is 0.347 e. The number of hydrogen-bond acceptors (Lipinski definition) is 2. The zero-order chi connectivity index (χ0) is 17.7. The molecule has 3 aromatic rings. The maximum atomic E-state index is 12.5. The van der Waals surface area contributed by atoms with Gasteiger partial charge in [-0.1, -0.05) is 49.7 Å². The summed E-state index contributed by atoms with van der Waals surface area (Å²) in [4.78, 5) is 12.5. The molecular formula is C19H22ClN3O. The highest BCUT2D eigenvalue weighted by Crippen LogP contribution is 2.21. The SMILES string of the molecule is CC.Cc1cccc2c1c(C(=O)NCc1ccc(Cl)cc1)nn2C. The predicted molar refractivity (Wildman–Crippen MR) is 99.4 cm³/mol. The molecule has 0 unspecified atom stereocenters. The molecule has 0 radical (unpaired) electrons. The third-order valence-electron chi connectivity index (χ3n) is 3.67. The zero-order valence-electron chi connectivity index (χ0n) is 14.4. The van der Waals surface area contributed by atoms with E-state index in [0.717, 1.165) is 22.0 Å². The van der Waals surface area contributed by atoms with Gasteiger partial charge in [-0.2, -0.15) is 5.10 Å². The van der Waals surface area contributed by atoms with Gasteiger partial charge >= 0.3 is 0 Å². The van der Waals surface area contributed by atoms with E-state index < -0.39 is 0 Å². The smallest absolute Gasteiger partial charge is 0.272 e. The highest BCUT2D eigenvalue weighted by atomic mass is 35.5. The van der Waals surface area contributed by atoms with Crippen LogP contribution in [0.5, 0.6) is 0 Å². The number of carbonyl (C=O) groups is 1. The Labute approximate surface area is 147 Å². The van der Waals surface area contributed by atoms with E-state index in [4.69, 9.17) is 11.6 Å². The molecule has 0 aliphatic heterocycles. The van der Waals surface area contributed by atoms with Gasteiger partial charge in [-0.15, -0.1) is 0 Å². The zero-order valence-corrected chi connectivity index (χ0v) is 15.2. The summed E-state index contributed by atoms with van der Waals surface area (Å²) in [7, 11) is 1.84. The maximum absolute atomic E-state index is 12.5. The Morgan fingerprint density at radius 1 is 1.17 bits per heavy atom. The Morgan fingerprint density at radius 2 is 1.83 bits per heavy atom. The molecule has 1 N–H and O–H groups in total. The molecule has 5 heteroatoms. The molecule has 126 valence electrons. The summed E-state index contributed by atoms with van der Waals surface area (Å²) < 4.78 is 1.74. The van der Waals surface area contributed by atoms with Crippen molar-refractivity contribution < 1.29 is 4.79 Å². The van der Waals surface area contributed by atoms with Gasteiger partial charge < -0.3 is 5.32 Å². The first-order valence-corrected chi connectivity index (χ1v) is 8.39. The number of nitrogens with zero attached hydrogens (tertiary/aromatic N) is 2. The van der Waals surface area contributed by atoms with Gasteiger partial charge in [-0.3, -0.25) is 9.48 Å². The van der Waals surface area contributed by atoms with Gasteiger partial charge in [-0.25, -0.2) is 0 Å². The van der Waals surface area contributed by atoms with Crippen molar-refractivity contribution in [1.29, 1.82) is 0 Å². The topological polar surface area (TPSA) is 46.9 Å². The number of fused-ring (bicyclic) bond motifs is 1. The number of benzene rings is 2. The van der Waals surface area contributed by atoms with Crippen LogP contribution in [0, 0.1) is 6.92 Å². The van der Waals surface area contributed by atoms with E-state index in [2.05, 4.69) is 10.4 Å². The number of rotatable bonds is 3. The Balaban J connectivity index is 0.00000100. The second kappa shape index (κ2) is 7.97. The Bertz CT molecular complexity index is 838. The third kappa shape index (κ3) is 3.77. The molecule has 0 aliphatic carbocycles. The van der Waals surface area contributed by atoms with Gasteiger partial charge in [0.2, 0.25) is 0 Å². The molecule has 2 aromatic carbocycles. The van der Waals surface area contributed by atoms with Crippen molar-refractivity contribution in [3.05, 3.63) is 64.3 Å². The molecular weight excluding hydrogens is 322 g/mol. The molecule has 1 amide bonds. The summed E-state index contributed by atoms with van der Waals surface area (Å²) in [5, 5.41) is 8.85. The van der Waals surface area contributed by atoms with Crippen molar-refractivity contribution in [1.82, 2.24) is 15.1 Å². The van der Waals surface area contributed by atoms with Crippen LogP contribution >= 0.6 is 11.6 Å². The lowest BCUT2D eigenvalue weighted by Gasteiger charge is -2.04. The fraction of sp³-hybridized carbons (Fsp3) is 0.263. The minimum Gasteiger partial charge on any atom is -0.347 e. The van der Waals surface area contributed by atoms with E-state index >= 15 is 0 Å². The van der Waals surface area contributed by atoms with Crippen LogP contribution in [0.25, 0.3) is 10.9 Å². The van der Waals surface area contributed by atoms with Crippen molar-refractivity contribution in [2.24, 2.45) is 7.05 Å². The predicted octanol–water partition coefficient (Wildman–Crippen LogP) is 4.49. The monoisotopic (exact) mass is 343 g/mol. The van der Waals surface area contributed by atoms with Crippen LogP contribution in [0.15, 0.2) is 42.5 Å². The summed E-state index contributed by atoms with van der Waals surface area (Å²) in [5.74, 6) is -0.171. The standard InChI is InChI=1S/C17H16ClN3O.C2H6/c1-11-4-3-5-14-15(11)16(20-21(14)2)17(22)19-10-12-6-8-13(18)9-7-12;1-2/h3-9H,10H2,1-2H3,(H,19,22);1-2H3. The van der Waals surface area contributed by atoms with Gasteiger partial charge in [0.15, 0.2) is 5.69 Å². The maximum Gasteiger partial charge on any atom is 0.272 e. The Hall–Kier alpha value is -2.33. The molecule has 1 aromatic heterocycles. The number of hydrogen-bond donors (Lipinski definition) is 1. The lowest BCUT2D eigenvalue weighted by Crippen LogP contribution is -2.23. The normalized spacial score (nSPS) is 10.2. The van der Waals surface area contributed by atoms with Gasteiger partial charge in [-0.05, 0) is 36.2 Å². The summed E-state index contributed by atoms with van der Waals surface area (Å²) in [6.45, 7) is 6.43. The first kappa shape index (κ1) is 18.0. The third-order valence-corrected chi connectivity index (χ3v) is 3.92. The van der Waals surface area contributed by atoms with Gasteiger partial charge in [0, 0.05) is 24.0 Å². The van der Waals surface area contributed by atoms with Crippen molar-refractivity contribution in [3.63, 3.8) is 0 Å². The van der Waals surface area contributed by atoms with Gasteiger partial charge in [0.25, 0.3) is 5.91 Å². The van der Waals surface area contributed by atoms with E-state index in [9.17, 15) is 4.79 Å². The van der Waals surface area contributed by atoms with Crippen LogP contribution in [-0.4, -0.2) is 15.7 Å². The first-order valence-electron chi connectivity index (χ1n) is 8.01. The Morgan fingerprint density at radius 3 is 2.50 bits per heavy atom. The molecule has 24 heavy (non-hydrogen) atoms. The Kier molecular flexibility index (Phi) is 5.99. The number of amides is 1. The molecule has 0 atom stereocenters. The second-order valence-corrected chi connectivity index (χ2v) is 5.69. The number of nitrogens with one attached hydrogen (secondary N) is 1. The van der Waals surface area contributed by atoms with Crippen molar-refractivity contribution in [2.45, 2.75) is 27.3 Å². The van der Waals surface area contributed by atoms with Crippen molar-refractivity contribution >= 4 is 28.4 Å². The minimum atomic E-state index is -0.171. The number of aryl methyl sites for hydroxylation is 2. The average molecular weight is 344 g/mol. The van der Waals surface area contributed by atoms with E-state index in [1.54, 1.807) is 4.68 Å². The van der Waals surface area contributed by atoms with Crippen LogP contribution in [0.2, 0.25) is 5.02 Å². The van der Waals surface area contributed by atoms with Gasteiger partial charge in [0.1, 0.15) is 0 Å². The van der Waals surface area contributed by atoms with E-state index in [-0.39, 0.29) is 5.91 Å². The van der Waals surface area contributed by atoms with E-state index in [1.165, 1.54) is 0 Å². The quantitative estimate of drug-likeness (QED) is 0.761. The fourth-order valence-corrected chi connectivity index (χ4v) is 2.64. The summed E-state index contributed by atoms with van der Waals surface area (Å²) in [6.07, 6.45) is 0. The molecule has 0 saturated heterocycles. The second-order valence-electron chi connectivity index (χ2n) is 5.25. The lowest BCUT2D eigenvalue weighted by atomic mass is 10.1. The van der Waals surface area contributed by atoms with Crippen LogP contribution < -0.4 is 5.32 Å². The lowest BCUT2D eigenvalue weighted by molar-refractivity contribution is 0.0946. The number of carbonyl (C=O) groups excluding carboxylic acids is 1. The van der Waals surface area contributed by atoms with Crippen LogP contribution in [-0.2, 0) is 13.6 Å². The van der Waals surface area contributed by atoms with Gasteiger partial charge in [0.05, 0.1) is 5.52 Å². The summed E-state index contributed by atoms with van der Waals surface area (Å²) in [5.41, 5.74) is 3.46. The van der Waals surface area contributed by atoms with Crippen LogP contribution in [0.1, 0.15) is 35.5 Å². The van der Waals surface area contributed by atoms with Crippen molar-refractivity contribution in [3.8, 4) is 0 Å². The average Bonchev–Trinajstić information content (AvgIpc) is 2.94. The summed E-state index contributed by atoms with van der Waals surface area (Å²) >= 11 is 5.86. The molecule has 0 aliphatic rings. The minimum absolute atomic E-state index is 0.171. The van der Waals surface area contributed by atoms with Crippen LogP contribution in [0.4, 0.5) is 0 Å². The summed E-state index contributed by atoms with van der Waals surface area (Å²) in [6, 6.07) is 13.3. The molecule has 4 nitrogen and oxygen atoms in total.